The molecule has 0 unspecified atom stereocenters. The Labute approximate surface area is 192 Å². The normalized spacial score (nSPS) is 18.8. The van der Waals surface area contributed by atoms with Crippen LogP contribution >= 0.6 is 34.2 Å². The molecule has 0 saturated carbocycles. The van der Waals surface area contributed by atoms with Crippen molar-refractivity contribution in [2.75, 3.05) is 13.2 Å². The Balaban J connectivity index is 1.60. The fourth-order valence-electron chi connectivity index (χ4n) is 3.71. The van der Waals surface area contributed by atoms with Gasteiger partial charge in [0.2, 0.25) is 5.91 Å². The van der Waals surface area contributed by atoms with Crippen LogP contribution in [0, 0.1) is 6.92 Å². The van der Waals surface area contributed by atoms with Gasteiger partial charge in [0.25, 0.3) is 0 Å². The standard InChI is InChI=1S/C21H22ClIN4O3/c1-13-6-14(8-16(22)7-13)15-9-17-19(24-10-15)27(20(29)26(17)2)11-18(28)25-12-21(23)4-3-5-30-21/h6-10H,3-5,11-12H2,1-2H3,(H,25,28)/t21-/m1/s1. The third-order valence-corrected chi connectivity index (χ3v) is 6.71. The van der Waals surface area contributed by atoms with Crippen LogP contribution in [0.3, 0.4) is 0 Å². The highest BCUT2D eigenvalue weighted by Crippen LogP contribution is 2.31. The molecule has 3 heterocycles. The molecule has 0 spiro atoms. The summed E-state index contributed by atoms with van der Waals surface area (Å²) in [7, 11) is 1.68. The first-order valence-corrected chi connectivity index (χ1v) is 11.1. The summed E-state index contributed by atoms with van der Waals surface area (Å²) >= 11 is 8.43. The number of benzene rings is 1. The summed E-state index contributed by atoms with van der Waals surface area (Å²) in [6, 6.07) is 7.67. The average molecular weight is 541 g/mol. The number of hydrogen-bond donors (Lipinski definition) is 1. The van der Waals surface area contributed by atoms with E-state index in [2.05, 4.69) is 32.9 Å². The van der Waals surface area contributed by atoms with Crippen molar-refractivity contribution < 1.29 is 9.53 Å². The van der Waals surface area contributed by atoms with Crippen LogP contribution in [0.15, 0.2) is 35.3 Å². The average Bonchev–Trinajstić information content (AvgIpc) is 3.23. The first-order valence-electron chi connectivity index (χ1n) is 9.68. The Bertz CT molecular complexity index is 1160. The van der Waals surface area contributed by atoms with E-state index in [1.165, 1.54) is 9.13 Å². The van der Waals surface area contributed by atoms with Crippen molar-refractivity contribution in [3.05, 3.63) is 51.5 Å². The Morgan fingerprint density at radius 1 is 1.33 bits per heavy atom. The highest BCUT2D eigenvalue weighted by Gasteiger charge is 2.32. The molecule has 1 N–H and O–H groups in total. The minimum atomic E-state index is -0.362. The SMILES string of the molecule is Cc1cc(Cl)cc(-c2cnc3c(c2)n(C)c(=O)n3CC(=O)NC[C@@]2(I)CCCO2)c1. The lowest BCUT2D eigenvalue weighted by molar-refractivity contribution is -0.122. The van der Waals surface area contributed by atoms with Gasteiger partial charge in [0.15, 0.2) is 5.65 Å². The maximum atomic E-state index is 12.8. The monoisotopic (exact) mass is 540 g/mol. The molecule has 30 heavy (non-hydrogen) atoms. The van der Waals surface area contributed by atoms with Gasteiger partial charge < -0.3 is 10.1 Å². The lowest BCUT2D eigenvalue weighted by Gasteiger charge is -2.21. The minimum absolute atomic E-state index is 0.0918. The molecule has 0 radical (unpaired) electrons. The second-order valence-electron chi connectivity index (χ2n) is 7.62. The van der Waals surface area contributed by atoms with E-state index in [1.54, 1.807) is 13.2 Å². The number of halogens is 2. The molecular formula is C21H22ClIN4O3. The largest absolute Gasteiger partial charge is 0.363 e. The number of ether oxygens (including phenoxy) is 1. The van der Waals surface area contributed by atoms with Gasteiger partial charge in [-0.3, -0.25) is 13.9 Å². The summed E-state index contributed by atoms with van der Waals surface area (Å²) in [6.07, 6.45) is 3.59. The third kappa shape index (κ3) is 4.26. The number of rotatable bonds is 5. The van der Waals surface area contributed by atoms with E-state index in [0.717, 1.165) is 29.5 Å². The zero-order valence-corrected chi connectivity index (χ0v) is 19.7. The Kier molecular flexibility index (Phi) is 5.91. The highest BCUT2D eigenvalue weighted by atomic mass is 127. The predicted octanol–water partition coefficient (Wildman–Crippen LogP) is 3.42. The minimum Gasteiger partial charge on any atom is -0.363 e. The van der Waals surface area contributed by atoms with Gasteiger partial charge in [-0.05, 0) is 71.7 Å². The number of fused-ring (bicyclic) bond motifs is 1. The molecule has 1 saturated heterocycles. The molecule has 4 rings (SSSR count). The van der Waals surface area contributed by atoms with E-state index in [1.807, 2.05) is 31.2 Å². The van der Waals surface area contributed by atoms with Gasteiger partial charge in [-0.1, -0.05) is 17.7 Å². The number of imidazole rings is 1. The molecule has 1 aliphatic heterocycles. The molecule has 158 valence electrons. The van der Waals surface area contributed by atoms with E-state index in [9.17, 15) is 9.59 Å². The van der Waals surface area contributed by atoms with Crippen molar-refractivity contribution in [2.24, 2.45) is 7.05 Å². The summed E-state index contributed by atoms with van der Waals surface area (Å²) in [6.45, 7) is 3.01. The molecule has 3 aromatic rings. The lowest BCUT2D eigenvalue weighted by atomic mass is 10.1. The molecule has 1 atom stereocenters. The number of aryl methyl sites for hydroxylation is 2. The summed E-state index contributed by atoms with van der Waals surface area (Å²) in [5.74, 6) is -0.243. The van der Waals surface area contributed by atoms with Crippen molar-refractivity contribution in [2.45, 2.75) is 29.9 Å². The summed E-state index contributed by atoms with van der Waals surface area (Å²) in [4.78, 5) is 29.8. The van der Waals surface area contributed by atoms with Crippen molar-refractivity contribution >= 4 is 51.3 Å². The van der Waals surface area contributed by atoms with Crippen molar-refractivity contribution in [3.8, 4) is 11.1 Å². The summed E-state index contributed by atoms with van der Waals surface area (Å²) in [5.41, 5.74) is 3.68. The number of carbonyl (C=O) groups excluding carboxylic acids is 1. The number of hydrogen-bond acceptors (Lipinski definition) is 4. The molecule has 1 aliphatic rings. The number of carbonyl (C=O) groups is 1. The van der Waals surface area contributed by atoms with Crippen LogP contribution in [0.5, 0.6) is 0 Å². The Hall–Kier alpha value is -1.91. The lowest BCUT2D eigenvalue weighted by Crippen LogP contribution is -2.40. The Morgan fingerprint density at radius 3 is 2.83 bits per heavy atom. The van der Waals surface area contributed by atoms with Crippen LogP contribution in [0.25, 0.3) is 22.3 Å². The van der Waals surface area contributed by atoms with Gasteiger partial charge in [0.1, 0.15) is 10.2 Å². The molecule has 1 amide bonds. The van der Waals surface area contributed by atoms with Gasteiger partial charge in [-0.25, -0.2) is 9.78 Å². The zero-order valence-electron chi connectivity index (χ0n) is 16.7. The molecule has 1 fully saturated rings. The number of nitrogens with zero attached hydrogens (tertiary/aromatic N) is 3. The molecule has 7 nitrogen and oxygen atoms in total. The molecule has 2 aromatic heterocycles. The fourth-order valence-corrected chi connectivity index (χ4v) is 4.79. The Morgan fingerprint density at radius 2 is 2.13 bits per heavy atom. The first kappa shape index (κ1) is 21.3. The maximum absolute atomic E-state index is 12.8. The van der Waals surface area contributed by atoms with Gasteiger partial charge >= 0.3 is 5.69 Å². The third-order valence-electron chi connectivity index (χ3n) is 5.26. The van der Waals surface area contributed by atoms with E-state index in [-0.39, 0.29) is 21.7 Å². The van der Waals surface area contributed by atoms with Crippen LogP contribution < -0.4 is 11.0 Å². The van der Waals surface area contributed by atoms with Gasteiger partial charge in [0, 0.05) is 30.4 Å². The van der Waals surface area contributed by atoms with Crippen LogP contribution in [0.2, 0.25) is 5.02 Å². The van der Waals surface area contributed by atoms with Gasteiger partial charge in [-0.2, -0.15) is 0 Å². The zero-order chi connectivity index (χ0) is 21.5. The summed E-state index contributed by atoms with van der Waals surface area (Å²) < 4.78 is 8.23. The number of aromatic nitrogens is 3. The summed E-state index contributed by atoms with van der Waals surface area (Å²) in [5, 5.41) is 3.53. The molecule has 9 heteroatoms. The number of pyridine rings is 1. The topological polar surface area (TPSA) is 78.2 Å². The van der Waals surface area contributed by atoms with E-state index in [4.69, 9.17) is 16.3 Å². The molecular weight excluding hydrogens is 519 g/mol. The molecule has 1 aromatic carbocycles. The maximum Gasteiger partial charge on any atom is 0.330 e. The second kappa shape index (κ2) is 8.32. The van der Waals surface area contributed by atoms with Crippen LogP contribution in [-0.2, 0) is 23.1 Å². The van der Waals surface area contributed by atoms with Crippen LogP contribution in [0.4, 0.5) is 0 Å². The van der Waals surface area contributed by atoms with E-state index >= 15 is 0 Å². The predicted molar refractivity (Wildman–Crippen MR) is 125 cm³/mol. The van der Waals surface area contributed by atoms with Crippen molar-refractivity contribution in [1.82, 2.24) is 19.4 Å². The quantitative estimate of drug-likeness (QED) is 0.397. The number of amides is 1. The van der Waals surface area contributed by atoms with E-state index in [0.29, 0.717) is 29.3 Å². The van der Waals surface area contributed by atoms with Crippen molar-refractivity contribution in [3.63, 3.8) is 0 Å². The van der Waals surface area contributed by atoms with Crippen molar-refractivity contribution in [1.29, 1.82) is 0 Å². The first-order chi connectivity index (χ1) is 14.3. The number of alkyl halides is 1. The molecule has 0 aliphatic carbocycles. The van der Waals surface area contributed by atoms with Gasteiger partial charge in [0.05, 0.1) is 12.1 Å². The molecule has 0 bridgehead atoms. The van der Waals surface area contributed by atoms with E-state index < -0.39 is 0 Å². The second-order valence-corrected chi connectivity index (χ2v) is 10.0. The fraction of sp³-hybridized carbons (Fsp3) is 0.381. The van der Waals surface area contributed by atoms with Crippen LogP contribution in [-0.4, -0.2) is 36.8 Å². The smallest absolute Gasteiger partial charge is 0.330 e. The highest BCUT2D eigenvalue weighted by molar-refractivity contribution is 14.1. The van der Waals surface area contributed by atoms with Crippen LogP contribution in [0.1, 0.15) is 18.4 Å². The number of nitrogens with one attached hydrogen (secondary N) is 1. The van der Waals surface area contributed by atoms with Gasteiger partial charge in [-0.15, -0.1) is 0 Å².